The molecule has 0 fully saturated rings. The van der Waals surface area contributed by atoms with E-state index in [1.807, 2.05) is 0 Å². The zero-order valence-corrected chi connectivity index (χ0v) is 8.83. The Morgan fingerprint density at radius 3 is 2.88 bits per heavy atom. The van der Waals surface area contributed by atoms with E-state index < -0.39 is 0 Å². The predicted molar refractivity (Wildman–Crippen MR) is 35.7 cm³/mol. The summed E-state index contributed by atoms with van der Waals surface area (Å²) in [4.78, 5) is 3.98. The van der Waals surface area contributed by atoms with Gasteiger partial charge in [-0.3, -0.25) is 0 Å². The van der Waals surface area contributed by atoms with Crippen LogP contribution in [0.3, 0.4) is 0 Å². The summed E-state index contributed by atoms with van der Waals surface area (Å²) in [7, 11) is 0. The minimum absolute atomic E-state index is 0.582. The molecular weight excluding hydrogens is 297 g/mol. The zero-order valence-electron chi connectivity index (χ0n) is 4.94. The summed E-state index contributed by atoms with van der Waals surface area (Å²) in [6.07, 6.45) is 1.06. The molecule has 3 radical (unpaired) electrons. The van der Waals surface area contributed by atoms with E-state index in [0.29, 0.717) is 5.96 Å². The Hall–Kier alpha value is 0.192. The van der Waals surface area contributed by atoms with E-state index >= 15 is 0 Å². The predicted octanol–water partition coefficient (Wildman–Crippen LogP) is -0.616. The molecule has 0 saturated carbocycles. The van der Waals surface area contributed by atoms with Crippen LogP contribution < -0.4 is 8.86 Å². The summed E-state index contributed by atoms with van der Waals surface area (Å²) >= 11 is 0.884. The average molecular weight is 307 g/mol. The van der Waals surface area contributed by atoms with Gasteiger partial charge in [0.2, 0.25) is 0 Å². The first-order chi connectivity index (χ1) is 3.81. The molecule has 0 amide bonds. The Morgan fingerprint density at radius 1 is 1.88 bits per heavy atom. The molecule has 4 heteroatoms. The second kappa shape index (κ2) is 5.33. The van der Waals surface area contributed by atoms with E-state index in [2.05, 4.69) is 15.0 Å². The topological polar surface area (TPSA) is 50.4 Å². The third kappa shape index (κ3) is 4.35. The van der Waals surface area contributed by atoms with E-state index in [0.717, 1.165) is 39.0 Å². The Kier molecular flexibility index (Phi) is 5.46. The Labute approximate surface area is 65.9 Å². The van der Waals surface area contributed by atoms with Crippen LogP contribution in [0.2, 0.25) is 0 Å². The summed E-state index contributed by atoms with van der Waals surface area (Å²) in [6.45, 7) is 2.91. The Bertz CT molecular complexity index is 81.4. The molecule has 0 unspecified atom stereocenters. The van der Waals surface area contributed by atoms with E-state index in [4.69, 9.17) is 5.73 Å². The van der Waals surface area contributed by atoms with Crippen LogP contribution in [0.4, 0.5) is 0 Å². The number of aliphatic imine (C=N–C) groups is 1. The van der Waals surface area contributed by atoms with Crippen LogP contribution in [-0.4, -0.2) is 38.6 Å². The normalized spacial score (nSPS) is 11.5. The van der Waals surface area contributed by atoms with Crippen molar-refractivity contribution in [3.63, 3.8) is 0 Å². The quantitative estimate of drug-likeness (QED) is 0.406. The van der Waals surface area contributed by atoms with E-state index in [1.165, 1.54) is 0 Å². The number of nitrogens with two attached hydrogens (primary N) is 1. The molecule has 0 aliphatic heterocycles. The molecule has 3 N–H and O–H groups in total. The van der Waals surface area contributed by atoms with Gasteiger partial charge in [-0.1, -0.05) is 0 Å². The van der Waals surface area contributed by atoms with Crippen molar-refractivity contribution >= 4 is 32.0 Å². The second-order valence-corrected chi connectivity index (χ2v) is 2.36. The number of nitrogens with one attached hydrogen (secondary N) is 1. The van der Waals surface area contributed by atoms with Crippen LogP contribution in [0, 0.1) is 0 Å². The first-order valence-electron chi connectivity index (χ1n) is 2.54. The third-order valence-electron chi connectivity index (χ3n) is 0.634. The van der Waals surface area contributed by atoms with Gasteiger partial charge >= 0.3 is 65.8 Å². The van der Waals surface area contributed by atoms with Gasteiger partial charge in [0.05, 0.1) is 0 Å². The number of rotatable bonds is 2. The molecule has 45 valence electrons. The van der Waals surface area contributed by atoms with Crippen LogP contribution >= 0.6 is 0 Å². The molecule has 0 heterocycles. The van der Waals surface area contributed by atoms with Crippen molar-refractivity contribution in [1.82, 2.24) is 3.13 Å². The van der Waals surface area contributed by atoms with Crippen LogP contribution in [-0.2, 0) is 0 Å². The number of nitrogens with zero attached hydrogens (tertiary/aromatic N) is 1. The van der Waals surface area contributed by atoms with E-state index in [1.54, 1.807) is 0 Å². The minimum atomic E-state index is 0.582. The van der Waals surface area contributed by atoms with E-state index in [9.17, 15) is 0 Å². The molecule has 0 bridgehead atoms. The monoisotopic (exact) mass is 308 g/mol. The average Bonchev–Trinajstić information content (AvgIpc) is 1.83. The molecule has 0 saturated heterocycles. The van der Waals surface area contributed by atoms with Crippen molar-refractivity contribution in [2.24, 2.45) is 10.7 Å². The molecule has 0 aromatic rings. The van der Waals surface area contributed by atoms with Gasteiger partial charge in [0.15, 0.2) is 0 Å². The fourth-order valence-electron chi connectivity index (χ4n) is 0.272. The summed E-state index contributed by atoms with van der Waals surface area (Å²) < 4.78 is 2.87. The van der Waals surface area contributed by atoms with Gasteiger partial charge in [-0.25, -0.2) is 0 Å². The van der Waals surface area contributed by atoms with Crippen LogP contribution in [0.5, 0.6) is 0 Å². The summed E-state index contributed by atoms with van der Waals surface area (Å²) in [5.74, 6) is 0.582. The van der Waals surface area contributed by atoms with Crippen molar-refractivity contribution in [3.8, 4) is 0 Å². The van der Waals surface area contributed by atoms with Crippen LogP contribution in [0.15, 0.2) is 4.99 Å². The molecule has 0 aromatic carbocycles. The molecule has 0 spiro atoms. The number of hydrogen-bond donors (Lipinski definition) is 2. The number of hydrogen-bond acceptors (Lipinski definition) is 1. The van der Waals surface area contributed by atoms with Gasteiger partial charge in [0, 0.05) is 0 Å². The molecule has 0 aliphatic rings. The molecule has 0 aromatic heterocycles. The van der Waals surface area contributed by atoms with Crippen molar-refractivity contribution in [2.75, 3.05) is 6.54 Å². The van der Waals surface area contributed by atoms with Gasteiger partial charge in [0.1, 0.15) is 0 Å². The molecular formula is C4H10N3Pb. The molecule has 3 nitrogen and oxygen atoms in total. The van der Waals surface area contributed by atoms with Gasteiger partial charge in [-0.15, -0.1) is 0 Å². The van der Waals surface area contributed by atoms with Gasteiger partial charge < -0.3 is 0 Å². The molecule has 0 atom stereocenters. The van der Waals surface area contributed by atoms with Gasteiger partial charge in [-0.2, -0.15) is 0 Å². The van der Waals surface area contributed by atoms with Gasteiger partial charge in [0.25, 0.3) is 0 Å². The first kappa shape index (κ1) is 8.19. The summed E-state index contributed by atoms with van der Waals surface area (Å²) in [5.41, 5.74) is 5.33. The Balaban J connectivity index is 3.26. The Morgan fingerprint density at radius 2 is 2.50 bits per heavy atom. The summed E-state index contributed by atoms with van der Waals surface area (Å²) in [5, 5.41) is 0. The molecule has 0 rings (SSSR count). The van der Waals surface area contributed by atoms with Crippen molar-refractivity contribution in [2.45, 2.75) is 13.3 Å². The maximum absolute atomic E-state index is 5.33. The second-order valence-electron chi connectivity index (χ2n) is 1.39. The summed E-state index contributed by atoms with van der Waals surface area (Å²) in [6, 6.07) is 0. The van der Waals surface area contributed by atoms with Crippen molar-refractivity contribution < 1.29 is 0 Å². The standard InChI is InChI=1S/C4H10N3.Pb/c1-2-3-7-4(5)6;/h2-3H2,1H3,(H3-,5,6,7);/q-1;+1. The van der Waals surface area contributed by atoms with Crippen molar-refractivity contribution in [1.29, 1.82) is 0 Å². The maximum atomic E-state index is 5.33. The fraction of sp³-hybridized carbons (Fsp3) is 0.750. The fourth-order valence-corrected chi connectivity index (χ4v) is 0.579. The SMILES string of the molecule is CCCN=C(N)[NH][Pb]. The van der Waals surface area contributed by atoms with Gasteiger partial charge in [-0.05, 0) is 0 Å². The van der Waals surface area contributed by atoms with Crippen LogP contribution in [0.25, 0.3) is 0 Å². The third-order valence-corrected chi connectivity index (χ3v) is 1.63. The van der Waals surface area contributed by atoms with Crippen molar-refractivity contribution in [3.05, 3.63) is 0 Å². The van der Waals surface area contributed by atoms with E-state index in [-0.39, 0.29) is 0 Å². The number of guanidine groups is 1. The van der Waals surface area contributed by atoms with Crippen LogP contribution in [0.1, 0.15) is 13.3 Å². The molecule has 8 heavy (non-hydrogen) atoms. The first-order valence-corrected chi connectivity index (χ1v) is 4.48. The molecule has 0 aliphatic carbocycles. The zero-order chi connectivity index (χ0) is 6.41.